The maximum Gasteiger partial charge on any atom is 0.573 e. The maximum absolute atomic E-state index is 12.0. The predicted molar refractivity (Wildman–Crippen MR) is 59.4 cm³/mol. The summed E-state index contributed by atoms with van der Waals surface area (Å²) in [5.74, 6) is -0.279. The van der Waals surface area contributed by atoms with Crippen LogP contribution < -0.4 is 10.1 Å². The van der Waals surface area contributed by atoms with Crippen LogP contribution in [-0.4, -0.2) is 33.4 Å². The Morgan fingerprint density at radius 1 is 1.22 bits per heavy atom. The number of ether oxygens (including phenoxy) is 3. The molecular weight excluding hydrogens is 251 g/mol. The lowest BCUT2D eigenvalue weighted by molar-refractivity contribution is -0.274. The molecule has 1 aromatic carbocycles. The van der Waals surface area contributed by atoms with Crippen molar-refractivity contribution in [3.63, 3.8) is 0 Å². The fraction of sp³-hybridized carbons (Fsp3) is 0.455. The molecule has 0 fully saturated rings. The van der Waals surface area contributed by atoms with Crippen LogP contribution >= 0.6 is 0 Å². The molecule has 0 aliphatic carbocycles. The number of rotatable bonds is 6. The molecule has 1 aromatic rings. The van der Waals surface area contributed by atoms with Crippen LogP contribution in [0.25, 0.3) is 0 Å². The zero-order valence-corrected chi connectivity index (χ0v) is 9.95. The van der Waals surface area contributed by atoms with Crippen LogP contribution in [0, 0.1) is 0 Å². The molecule has 1 N–H and O–H groups in total. The molecule has 0 unspecified atom stereocenters. The van der Waals surface area contributed by atoms with E-state index in [4.69, 9.17) is 9.47 Å². The third-order valence-corrected chi connectivity index (χ3v) is 2.07. The largest absolute Gasteiger partial charge is 0.573 e. The maximum atomic E-state index is 12.0. The van der Waals surface area contributed by atoms with Gasteiger partial charge in [0, 0.05) is 26.0 Å². The minimum absolute atomic E-state index is 0.279. The van der Waals surface area contributed by atoms with E-state index in [-0.39, 0.29) is 5.75 Å². The fourth-order valence-electron chi connectivity index (χ4n) is 1.27. The van der Waals surface area contributed by atoms with Gasteiger partial charge in [-0.15, -0.1) is 13.2 Å². The van der Waals surface area contributed by atoms with E-state index in [9.17, 15) is 13.2 Å². The molecule has 1 rings (SSSR count). The van der Waals surface area contributed by atoms with Gasteiger partial charge in [0.1, 0.15) is 5.75 Å². The van der Waals surface area contributed by atoms with Crippen molar-refractivity contribution >= 4 is 5.69 Å². The predicted octanol–water partition coefficient (Wildman–Crippen LogP) is 2.62. The van der Waals surface area contributed by atoms with Crippen molar-refractivity contribution in [2.45, 2.75) is 12.7 Å². The number of alkyl halides is 3. The molecule has 0 bridgehead atoms. The first kappa shape index (κ1) is 14.6. The Kier molecular flexibility index (Phi) is 5.24. The van der Waals surface area contributed by atoms with Crippen LogP contribution in [0.4, 0.5) is 18.9 Å². The monoisotopic (exact) mass is 265 g/mol. The van der Waals surface area contributed by atoms with Crippen molar-refractivity contribution in [1.29, 1.82) is 0 Å². The van der Waals surface area contributed by atoms with Gasteiger partial charge in [-0.3, -0.25) is 0 Å². The van der Waals surface area contributed by atoms with Crippen LogP contribution in [0.1, 0.15) is 0 Å². The van der Waals surface area contributed by atoms with Gasteiger partial charge in [0.25, 0.3) is 0 Å². The van der Waals surface area contributed by atoms with Gasteiger partial charge >= 0.3 is 6.36 Å². The Balaban J connectivity index is 2.59. The van der Waals surface area contributed by atoms with E-state index in [2.05, 4.69) is 10.1 Å². The van der Waals surface area contributed by atoms with Gasteiger partial charge in [0.2, 0.25) is 0 Å². The van der Waals surface area contributed by atoms with E-state index >= 15 is 0 Å². The molecule has 0 heterocycles. The van der Waals surface area contributed by atoms with Crippen molar-refractivity contribution in [1.82, 2.24) is 0 Å². The summed E-state index contributed by atoms with van der Waals surface area (Å²) < 4.78 is 49.7. The standard InChI is InChI=1S/C11H14F3NO3/c1-16-10(17-2)7-15-8-4-3-5-9(6-8)18-11(12,13)14/h3-6,10,15H,7H2,1-2H3. The van der Waals surface area contributed by atoms with Gasteiger partial charge < -0.3 is 19.5 Å². The van der Waals surface area contributed by atoms with Gasteiger partial charge in [0.05, 0.1) is 6.54 Å². The second-order valence-electron chi connectivity index (χ2n) is 3.36. The molecule has 4 nitrogen and oxygen atoms in total. The number of hydrogen-bond donors (Lipinski definition) is 1. The molecule has 0 saturated heterocycles. The molecule has 7 heteroatoms. The Bertz CT molecular complexity index is 367. The second kappa shape index (κ2) is 6.46. The summed E-state index contributed by atoms with van der Waals surface area (Å²) in [6.07, 6.45) is -5.17. The van der Waals surface area contributed by atoms with Crippen LogP contribution in [0.2, 0.25) is 0 Å². The summed E-state index contributed by atoms with van der Waals surface area (Å²) in [6.45, 7) is 0.308. The lowest BCUT2D eigenvalue weighted by Gasteiger charge is -2.15. The summed E-state index contributed by atoms with van der Waals surface area (Å²) in [5, 5.41) is 2.88. The number of benzene rings is 1. The lowest BCUT2D eigenvalue weighted by atomic mass is 10.3. The highest BCUT2D eigenvalue weighted by Gasteiger charge is 2.31. The van der Waals surface area contributed by atoms with Crippen LogP contribution in [0.3, 0.4) is 0 Å². The van der Waals surface area contributed by atoms with Crippen molar-refractivity contribution in [2.75, 3.05) is 26.1 Å². The molecule has 102 valence electrons. The van der Waals surface area contributed by atoms with E-state index in [1.165, 1.54) is 32.4 Å². The van der Waals surface area contributed by atoms with Crippen molar-refractivity contribution in [2.24, 2.45) is 0 Å². The fourth-order valence-corrected chi connectivity index (χ4v) is 1.27. The smallest absolute Gasteiger partial charge is 0.406 e. The van der Waals surface area contributed by atoms with Gasteiger partial charge in [0.15, 0.2) is 6.29 Å². The molecule has 0 aliphatic heterocycles. The number of halogens is 3. The average molecular weight is 265 g/mol. The highest BCUT2D eigenvalue weighted by atomic mass is 19.4. The third kappa shape index (κ3) is 5.24. The minimum atomic E-state index is -4.69. The minimum Gasteiger partial charge on any atom is -0.406 e. The molecule has 0 radical (unpaired) electrons. The first-order chi connectivity index (χ1) is 8.44. The topological polar surface area (TPSA) is 39.7 Å². The summed E-state index contributed by atoms with van der Waals surface area (Å²) in [7, 11) is 2.94. The second-order valence-corrected chi connectivity index (χ2v) is 3.36. The zero-order chi connectivity index (χ0) is 13.6. The molecule has 0 spiro atoms. The third-order valence-electron chi connectivity index (χ3n) is 2.07. The Hall–Kier alpha value is -1.47. The van der Waals surface area contributed by atoms with E-state index in [0.29, 0.717) is 12.2 Å². The van der Waals surface area contributed by atoms with E-state index in [1.807, 2.05) is 0 Å². The first-order valence-corrected chi connectivity index (χ1v) is 5.10. The number of anilines is 1. The van der Waals surface area contributed by atoms with Crippen molar-refractivity contribution < 1.29 is 27.4 Å². The Morgan fingerprint density at radius 2 is 1.89 bits per heavy atom. The van der Waals surface area contributed by atoms with Gasteiger partial charge in [-0.05, 0) is 12.1 Å². The van der Waals surface area contributed by atoms with Crippen LogP contribution in [0.5, 0.6) is 5.75 Å². The highest BCUT2D eigenvalue weighted by molar-refractivity contribution is 5.48. The van der Waals surface area contributed by atoms with E-state index in [1.54, 1.807) is 6.07 Å². The van der Waals surface area contributed by atoms with Crippen molar-refractivity contribution in [3.8, 4) is 5.75 Å². The van der Waals surface area contributed by atoms with Crippen LogP contribution in [0.15, 0.2) is 24.3 Å². The number of hydrogen-bond acceptors (Lipinski definition) is 4. The summed E-state index contributed by atoms with van der Waals surface area (Å²) in [5.41, 5.74) is 0.482. The zero-order valence-electron chi connectivity index (χ0n) is 9.95. The van der Waals surface area contributed by atoms with E-state index in [0.717, 1.165) is 0 Å². The lowest BCUT2D eigenvalue weighted by Crippen LogP contribution is -2.23. The summed E-state index contributed by atoms with van der Waals surface area (Å²) in [4.78, 5) is 0. The molecule has 0 aliphatic rings. The van der Waals surface area contributed by atoms with E-state index < -0.39 is 12.7 Å². The highest BCUT2D eigenvalue weighted by Crippen LogP contribution is 2.24. The van der Waals surface area contributed by atoms with Gasteiger partial charge in [-0.25, -0.2) is 0 Å². The Labute approximate surface area is 103 Å². The average Bonchev–Trinajstić information content (AvgIpc) is 2.28. The Morgan fingerprint density at radius 3 is 2.44 bits per heavy atom. The molecule has 0 aromatic heterocycles. The normalized spacial score (nSPS) is 11.7. The number of nitrogens with one attached hydrogen (secondary N) is 1. The molecule has 0 amide bonds. The first-order valence-electron chi connectivity index (χ1n) is 5.10. The molecule has 18 heavy (non-hydrogen) atoms. The van der Waals surface area contributed by atoms with Crippen LogP contribution in [-0.2, 0) is 9.47 Å². The summed E-state index contributed by atoms with van der Waals surface area (Å²) in [6, 6.07) is 5.54. The van der Waals surface area contributed by atoms with Crippen molar-refractivity contribution in [3.05, 3.63) is 24.3 Å². The van der Waals surface area contributed by atoms with Gasteiger partial charge in [-0.1, -0.05) is 6.07 Å². The SMILES string of the molecule is COC(CNc1cccc(OC(F)(F)F)c1)OC. The molecule has 0 saturated carbocycles. The quantitative estimate of drug-likeness (QED) is 0.803. The number of methoxy groups -OCH3 is 2. The van der Waals surface area contributed by atoms with Gasteiger partial charge in [-0.2, -0.15) is 0 Å². The molecule has 0 atom stereocenters. The molecular formula is C11H14F3NO3. The summed E-state index contributed by atoms with van der Waals surface area (Å²) >= 11 is 0.